The molecule has 3 aliphatic rings. The molecule has 0 saturated carbocycles. The average Bonchev–Trinajstić information content (AvgIpc) is 2.74. The minimum atomic E-state index is -2.69. The third kappa shape index (κ3) is 2.32. The van der Waals surface area contributed by atoms with Gasteiger partial charge in [-0.15, -0.1) is 0 Å². The lowest BCUT2D eigenvalue weighted by Crippen LogP contribution is -2.63. The number of hydrogen-bond donors (Lipinski definition) is 6. The molecule has 0 unspecified atom stereocenters. The quantitative estimate of drug-likeness (QED) is 0.352. The van der Waals surface area contributed by atoms with E-state index in [-0.39, 0.29) is 29.7 Å². The van der Waals surface area contributed by atoms with Crippen molar-refractivity contribution in [1.82, 2.24) is 0 Å². The second-order valence-corrected chi connectivity index (χ2v) is 8.56. The number of Topliss-reactive ketones (excluding diaryl/α,β-unsaturated/α-hetero) is 2. The molecule has 5 rings (SSSR count). The molecule has 0 heterocycles. The number of carbonyl (C=O) groups excluding carboxylic acids is 3. The fourth-order valence-corrected chi connectivity index (χ4v) is 5.43. The number of benzene rings is 2. The number of nitrogens with two attached hydrogens (primary N) is 2. The van der Waals surface area contributed by atoms with Crippen LogP contribution in [0, 0.1) is 11.8 Å². The fraction of sp³-hybridized carbons (Fsp3) is 0.261. The molecule has 0 radical (unpaired) electrons. The van der Waals surface area contributed by atoms with Gasteiger partial charge in [-0.25, -0.2) is 0 Å². The molecular formula is C23H20N2O7. The topological polar surface area (TPSA) is 184 Å². The summed E-state index contributed by atoms with van der Waals surface area (Å²) in [5, 5.41) is 44.6. The second-order valence-electron chi connectivity index (χ2n) is 8.56. The summed E-state index contributed by atoms with van der Waals surface area (Å²) in [7, 11) is 0. The van der Waals surface area contributed by atoms with Crippen molar-refractivity contribution >= 4 is 28.2 Å². The van der Waals surface area contributed by atoms with E-state index < -0.39 is 58.0 Å². The van der Waals surface area contributed by atoms with E-state index >= 15 is 0 Å². The van der Waals surface area contributed by atoms with Crippen LogP contribution in [0.15, 0.2) is 53.0 Å². The first-order valence-corrected chi connectivity index (χ1v) is 10.1. The second kappa shape index (κ2) is 6.41. The van der Waals surface area contributed by atoms with Crippen LogP contribution in [0.4, 0.5) is 0 Å². The van der Waals surface area contributed by atoms with Gasteiger partial charge >= 0.3 is 0 Å². The van der Waals surface area contributed by atoms with Crippen LogP contribution >= 0.6 is 0 Å². The molecule has 0 aromatic heterocycles. The van der Waals surface area contributed by atoms with Gasteiger partial charge in [-0.2, -0.15) is 0 Å². The molecular weight excluding hydrogens is 416 g/mol. The smallest absolute Gasteiger partial charge is 0.255 e. The van der Waals surface area contributed by atoms with Gasteiger partial charge in [0.15, 0.2) is 11.4 Å². The van der Waals surface area contributed by atoms with Crippen LogP contribution in [-0.2, 0) is 16.0 Å². The molecule has 9 nitrogen and oxygen atoms in total. The highest BCUT2D eigenvalue weighted by molar-refractivity contribution is 6.25. The minimum absolute atomic E-state index is 0.00961. The average molecular weight is 436 g/mol. The van der Waals surface area contributed by atoms with Gasteiger partial charge in [-0.1, -0.05) is 30.3 Å². The number of ketones is 2. The predicted octanol–water partition coefficient (Wildman–Crippen LogP) is 0.671. The highest BCUT2D eigenvalue weighted by atomic mass is 16.3. The van der Waals surface area contributed by atoms with Crippen LogP contribution < -0.4 is 11.5 Å². The lowest BCUT2D eigenvalue weighted by molar-refractivity contribution is -0.145. The number of aromatic hydroxyl groups is 1. The van der Waals surface area contributed by atoms with Crippen molar-refractivity contribution in [3.63, 3.8) is 0 Å². The first-order chi connectivity index (χ1) is 15.1. The highest BCUT2D eigenvalue weighted by Crippen LogP contribution is 2.51. The van der Waals surface area contributed by atoms with Gasteiger partial charge in [-0.3, -0.25) is 14.4 Å². The molecule has 2 aromatic carbocycles. The minimum Gasteiger partial charge on any atom is -0.510 e. The number of allylic oxidation sites excluding steroid dienone is 1. The van der Waals surface area contributed by atoms with Gasteiger partial charge in [0.1, 0.15) is 22.8 Å². The first kappa shape index (κ1) is 20.2. The first-order valence-electron chi connectivity index (χ1n) is 10.1. The van der Waals surface area contributed by atoms with Crippen molar-refractivity contribution in [2.75, 3.05) is 0 Å². The van der Waals surface area contributed by atoms with Crippen LogP contribution in [0.3, 0.4) is 0 Å². The number of aliphatic hydroxyl groups excluding tert-OH is 2. The van der Waals surface area contributed by atoms with E-state index in [1.54, 1.807) is 30.3 Å². The summed E-state index contributed by atoms with van der Waals surface area (Å²) in [6.45, 7) is 0. The number of carbonyl (C=O) groups is 3. The highest BCUT2D eigenvalue weighted by Gasteiger charge is 2.62. The Labute approximate surface area is 181 Å². The maximum absolute atomic E-state index is 13.4. The number of amides is 1. The maximum Gasteiger partial charge on any atom is 0.255 e. The molecule has 4 atom stereocenters. The Morgan fingerprint density at radius 1 is 1.12 bits per heavy atom. The van der Waals surface area contributed by atoms with E-state index in [9.17, 15) is 34.8 Å². The van der Waals surface area contributed by atoms with Gasteiger partial charge in [0.25, 0.3) is 5.91 Å². The van der Waals surface area contributed by atoms with Gasteiger partial charge in [0.2, 0.25) is 5.78 Å². The zero-order chi connectivity index (χ0) is 23.1. The fourth-order valence-electron chi connectivity index (χ4n) is 5.43. The van der Waals surface area contributed by atoms with Crippen molar-refractivity contribution in [1.29, 1.82) is 0 Å². The number of phenolic OH excluding ortho intramolecular Hbond substituents is 1. The maximum atomic E-state index is 13.4. The molecule has 0 aliphatic heterocycles. The third-order valence-electron chi connectivity index (χ3n) is 6.97. The number of rotatable bonds is 1. The normalized spacial score (nSPS) is 29.6. The summed E-state index contributed by atoms with van der Waals surface area (Å²) in [5.74, 6) is -7.06. The largest absolute Gasteiger partial charge is 0.510 e. The van der Waals surface area contributed by atoms with Crippen LogP contribution in [0.1, 0.15) is 22.3 Å². The van der Waals surface area contributed by atoms with E-state index in [0.29, 0.717) is 10.9 Å². The molecule has 8 N–H and O–H groups in total. The Morgan fingerprint density at radius 2 is 1.81 bits per heavy atom. The van der Waals surface area contributed by atoms with Crippen molar-refractivity contribution in [2.24, 2.45) is 23.3 Å². The zero-order valence-electron chi connectivity index (χ0n) is 16.7. The van der Waals surface area contributed by atoms with E-state index in [2.05, 4.69) is 0 Å². The molecule has 3 aliphatic carbocycles. The molecule has 0 fully saturated rings. The van der Waals surface area contributed by atoms with Crippen LogP contribution in [0.5, 0.6) is 5.75 Å². The third-order valence-corrected chi connectivity index (χ3v) is 6.97. The van der Waals surface area contributed by atoms with Crippen LogP contribution in [0.25, 0.3) is 10.8 Å². The molecule has 0 saturated heterocycles. The van der Waals surface area contributed by atoms with E-state index in [1.165, 1.54) is 0 Å². The molecule has 32 heavy (non-hydrogen) atoms. The summed E-state index contributed by atoms with van der Waals surface area (Å²) >= 11 is 0. The van der Waals surface area contributed by atoms with Crippen molar-refractivity contribution in [3.05, 3.63) is 64.1 Å². The molecule has 2 aromatic rings. The van der Waals surface area contributed by atoms with Crippen molar-refractivity contribution < 1.29 is 34.8 Å². The Bertz CT molecular complexity index is 1330. The van der Waals surface area contributed by atoms with Gasteiger partial charge < -0.3 is 31.9 Å². The monoisotopic (exact) mass is 436 g/mol. The summed E-state index contributed by atoms with van der Waals surface area (Å²) in [6.07, 6.45) is 0.219. The summed E-state index contributed by atoms with van der Waals surface area (Å²) in [6, 6.07) is 7.39. The molecule has 164 valence electrons. The Balaban J connectivity index is 1.74. The molecule has 9 heteroatoms. The summed E-state index contributed by atoms with van der Waals surface area (Å²) in [4.78, 5) is 38.1. The Hall–Kier alpha value is -3.69. The van der Waals surface area contributed by atoms with Crippen molar-refractivity contribution in [2.45, 2.75) is 24.5 Å². The van der Waals surface area contributed by atoms with E-state index in [0.717, 1.165) is 5.39 Å². The number of hydrogen-bond acceptors (Lipinski definition) is 8. The van der Waals surface area contributed by atoms with Crippen molar-refractivity contribution in [3.8, 4) is 5.75 Å². The van der Waals surface area contributed by atoms with Crippen LogP contribution in [0.2, 0.25) is 0 Å². The SMILES string of the molecule is NC(=O)C1=C(O)[C@@H](N)[C@@H]2C[C@@H]3Cc4cc5ccccc5c(O)c4C(=O)C3=C(O)[C@]2(O)C1=O. The summed E-state index contributed by atoms with van der Waals surface area (Å²) in [5.41, 5.74) is 7.96. The summed E-state index contributed by atoms with van der Waals surface area (Å²) < 4.78 is 0. The number of phenols is 1. The zero-order valence-corrected chi connectivity index (χ0v) is 16.7. The van der Waals surface area contributed by atoms with Gasteiger partial charge in [-0.05, 0) is 29.7 Å². The Morgan fingerprint density at radius 3 is 2.50 bits per heavy atom. The molecule has 1 amide bonds. The Kier molecular flexibility index (Phi) is 4.05. The molecule has 0 spiro atoms. The lowest BCUT2D eigenvalue weighted by Gasteiger charge is -2.47. The molecule has 0 bridgehead atoms. The van der Waals surface area contributed by atoms with Crippen LogP contribution in [-0.4, -0.2) is 49.5 Å². The number of fused-ring (bicyclic) bond motifs is 4. The number of aliphatic hydroxyl groups is 3. The van der Waals surface area contributed by atoms with E-state index in [4.69, 9.17) is 11.5 Å². The van der Waals surface area contributed by atoms with Gasteiger partial charge in [0, 0.05) is 16.9 Å². The van der Waals surface area contributed by atoms with Gasteiger partial charge in [0.05, 0.1) is 11.6 Å². The standard InChI is InChI=1S/C23H20N2O7/c24-16-12-7-10-6-9-5-8-3-1-2-4-11(8)17(26)13(9)18(27)14(10)20(29)23(12,32)21(30)15(19(16)28)22(25)31/h1-5,10,12,16,26,28-29,32H,6-7,24H2,(H2,25,31)/t10-,12-,16-,23-/m0/s1. The predicted molar refractivity (Wildman–Crippen MR) is 112 cm³/mol. The lowest BCUT2D eigenvalue weighted by atomic mass is 9.59. The number of primary amides is 1. The van der Waals surface area contributed by atoms with E-state index in [1.807, 2.05) is 0 Å².